The van der Waals surface area contributed by atoms with Crippen LogP contribution in [0.5, 0.6) is 5.75 Å². The maximum absolute atomic E-state index is 13.9. The minimum atomic E-state index is -3.82. The smallest absolute Gasteiger partial charge is 0.257 e. The van der Waals surface area contributed by atoms with Crippen molar-refractivity contribution in [1.82, 2.24) is 4.90 Å². The molecule has 1 saturated carbocycles. The first-order valence-electron chi connectivity index (χ1n) is 12.7. The summed E-state index contributed by atoms with van der Waals surface area (Å²) >= 11 is 0. The number of carbonyl (C=O) groups excluding carboxylic acids is 3. The molecule has 2 fully saturated rings. The Bertz CT molecular complexity index is 1340. The number of ether oxygens (including phenoxy) is 1. The van der Waals surface area contributed by atoms with E-state index in [0.29, 0.717) is 24.5 Å². The lowest BCUT2D eigenvalue weighted by Crippen LogP contribution is -2.47. The molecule has 0 spiro atoms. The third-order valence-corrected chi connectivity index (χ3v) is 9.28. The van der Waals surface area contributed by atoms with Crippen LogP contribution in [0.3, 0.4) is 0 Å². The molecule has 0 bridgehead atoms. The van der Waals surface area contributed by atoms with E-state index >= 15 is 0 Å². The summed E-state index contributed by atoms with van der Waals surface area (Å²) < 4.78 is 28.6. The van der Waals surface area contributed by atoms with E-state index in [1.807, 2.05) is 34.6 Å². The fraction of sp³-hybridized carbons (Fsp3) is 0.464. The van der Waals surface area contributed by atoms with Gasteiger partial charge < -0.3 is 9.64 Å². The molecule has 2 aromatic carbocycles. The largest absolute Gasteiger partial charge is 0.494 e. The van der Waals surface area contributed by atoms with Crippen LogP contribution in [0.1, 0.15) is 46.6 Å². The van der Waals surface area contributed by atoms with Crippen molar-refractivity contribution in [2.24, 2.45) is 21.9 Å². The van der Waals surface area contributed by atoms with Crippen LogP contribution in [-0.2, 0) is 30.8 Å². The van der Waals surface area contributed by atoms with Gasteiger partial charge in [-0.1, -0.05) is 39.8 Å². The number of benzene rings is 2. The van der Waals surface area contributed by atoms with Gasteiger partial charge in [0.05, 0.1) is 23.6 Å². The monoisotopic (exact) mass is 541 g/mol. The summed E-state index contributed by atoms with van der Waals surface area (Å²) in [6, 6.07) is 11.9. The van der Waals surface area contributed by atoms with E-state index in [9.17, 15) is 22.8 Å². The molecule has 1 saturated heterocycles. The Morgan fingerprint density at radius 2 is 1.61 bits per heavy atom. The van der Waals surface area contributed by atoms with E-state index in [-0.39, 0.29) is 46.4 Å². The van der Waals surface area contributed by atoms with Crippen molar-refractivity contribution in [2.75, 3.05) is 18.1 Å². The summed E-state index contributed by atoms with van der Waals surface area (Å²) in [7, 11) is -3.82. The van der Waals surface area contributed by atoms with Crippen LogP contribution in [0.25, 0.3) is 0 Å². The average molecular weight is 542 g/mol. The lowest BCUT2D eigenvalue weighted by molar-refractivity contribution is -0.140. The minimum absolute atomic E-state index is 0.00164. The fourth-order valence-electron chi connectivity index (χ4n) is 5.48. The first kappa shape index (κ1) is 27.8. The molecular formula is C28H35N3O6S. The van der Waals surface area contributed by atoms with Crippen molar-refractivity contribution in [3.8, 4) is 5.75 Å². The summed E-state index contributed by atoms with van der Waals surface area (Å²) in [5.74, 6) is -0.611. The molecule has 38 heavy (non-hydrogen) atoms. The topological polar surface area (TPSA) is 127 Å². The van der Waals surface area contributed by atoms with E-state index in [1.54, 1.807) is 41.3 Å². The van der Waals surface area contributed by atoms with E-state index < -0.39 is 22.0 Å². The predicted molar refractivity (Wildman–Crippen MR) is 143 cm³/mol. The molecule has 1 unspecified atom stereocenters. The standard InChI is InChI=1S/C28H35N3O6S/c1-6-37-20-11-9-19(10-12-20)31-23(32)17-22(25(31)33)30(26(34)24-27(2,3)28(24,4)5)16-15-18-7-13-21(14-8-18)38(29,35)36/h7-14,22,24H,6,15-17H2,1-5H3,(H2,29,35,36). The first-order valence-corrected chi connectivity index (χ1v) is 14.3. The number of rotatable bonds is 9. The molecule has 2 aromatic rings. The number of hydrogen-bond acceptors (Lipinski definition) is 6. The molecule has 1 aliphatic heterocycles. The third kappa shape index (κ3) is 4.94. The SMILES string of the molecule is CCOc1ccc(N2C(=O)CC(N(CCc3ccc(S(N)(=O)=O)cc3)C(=O)C3C(C)(C)C3(C)C)C2=O)cc1. The van der Waals surface area contributed by atoms with Crippen LogP contribution in [0.4, 0.5) is 5.69 Å². The Hall–Kier alpha value is -3.24. The zero-order valence-corrected chi connectivity index (χ0v) is 23.2. The lowest BCUT2D eigenvalue weighted by Gasteiger charge is -2.29. The molecule has 0 radical (unpaired) electrons. The van der Waals surface area contributed by atoms with Crippen molar-refractivity contribution in [2.45, 2.75) is 58.4 Å². The highest BCUT2D eigenvalue weighted by Gasteiger charge is 2.69. The van der Waals surface area contributed by atoms with Gasteiger partial charge in [-0.3, -0.25) is 14.4 Å². The number of imide groups is 1. The van der Waals surface area contributed by atoms with Crippen molar-refractivity contribution < 1.29 is 27.5 Å². The zero-order chi connectivity index (χ0) is 28.0. The number of anilines is 1. The molecule has 9 nitrogen and oxygen atoms in total. The number of carbonyl (C=O) groups is 3. The van der Waals surface area contributed by atoms with Crippen molar-refractivity contribution >= 4 is 33.4 Å². The van der Waals surface area contributed by atoms with Crippen LogP contribution >= 0.6 is 0 Å². The maximum atomic E-state index is 13.9. The highest BCUT2D eigenvalue weighted by molar-refractivity contribution is 7.89. The Labute approximate surface area is 224 Å². The third-order valence-electron chi connectivity index (χ3n) is 8.35. The van der Waals surface area contributed by atoms with Gasteiger partial charge in [0.2, 0.25) is 21.8 Å². The number of amides is 3. The molecule has 4 rings (SSSR count). The van der Waals surface area contributed by atoms with E-state index in [1.165, 1.54) is 12.1 Å². The van der Waals surface area contributed by atoms with Crippen molar-refractivity contribution in [1.29, 1.82) is 0 Å². The molecule has 2 aliphatic rings. The van der Waals surface area contributed by atoms with Gasteiger partial charge in [-0.15, -0.1) is 0 Å². The number of primary sulfonamides is 1. The molecule has 3 amide bonds. The van der Waals surface area contributed by atoms with Gasteiger partial charge in [-0.05, 0) is 66.1 Å². The molecule has 1 heterocycles. The highest BCUT2D eigenvalue weighted by Crippen LogP contribution is 2.69. The van der Waals surface area contributed by atoms with Gasteiger partial charge >= 0.3 is 0 Å². The second kappa shape index (κ2) is 9.81. The highest BCUT2D eigenvalue weighted by atomic mass is 32.2. The van der Waals surface area contributed by atoms with Crippen molar-refractivity contribution in [3.63, 3.8) is 0 Å². The van der Waals surface area contributed by atoms with Gasteiger partial charge in [-0.2, -0.15) is 0 Å². The first-order chi connectivity index (χ1) is 17.7. The predicted octanol–water partition coefficient (Wildman–Crippen LogP) is 3.12. The summed E-state index contributed by atoms with van der Waals surface area (Å²) in [4.78, 5) is 43.2. The van der Waals surface area contributed by atoms with Crippen molar-refractivity contribution in [3.05, 3.63) is 54.1 Å². The Balaban J connectivity index is 1.59. The lowest BCUT2D eigenvalue weighted by atomic mass is 10.0. The zero-order valence-electron chi connectivity index (χ0n) is 22.4. The van der Waals surface area contributed by atoms with Crippen LogP contribution in [0, 0.1) is 16.7 Å². The number of sulfonamides is 1. The summed E-state index contributed by atoms with van der Waals surface area (Å²) in [5.41, 5.74) is 0.716. The normalized spacial score (nSPS) is 20.5. The quantitative estimate of drug-likeness (QED) is 0.486. The number of nitrogens with zero attached hydrogens (tertiary/aromatic N) is 2. The van der Waals surface area contributed by atoms with Crippen LogP contribution in [0.15, 0.2) is 53.4 Å². The summed E-state index contributed by atoms with van der Waals surface area (Å²) in [6.45, 7) is 10.7. The van der Waals surface area contributed by atoms with E-state index in [0.717, 1.165) is 10.5 Å². The molecule has 0 aromatic heterocycles. The molecule has 1 aliphatic carbocycles. The van der Waals surface area contributed by atoms with Crippen LogP contribution in [0.2, 0.25) is 0 Å². The molecular weight excluding hydrogens is 506 g/mol. The van der Waals surface area contributed by atoms with E-state index in [4.69, 9.17) is 9.88 Å². The number of nitrogens with two attached hydrogens (primary N) is 1. The molecule has 10 heteroatoms. The second-order valence-corrected chi connectivity index (χ2v) is 12.6. The summed E-state index contributed by atoms with van der Waals surface area (Å²) in [5, 5.41) is 5.19. The van der Waals surface area contributed by atoms with Gasteiger partial charge in [0.1, 0.15) is 11.8 Å². The molecule has 1 atom stereocenters. The number of hydrogen-bond donors (Lipinski definition) is 1. The second-order valence-electron chi connectivity index (χ2n) is 11.1. The van der Waals surface area contributed by atoms with Crippen LogP contribution in [-0.4, -0.2) is 50.2 Å². The van der Waals surface area contributed by atoms with Gasteiger partial charge in [0.25, 0.3) is 5.91 Å². The summed E-state index contributed by atoms with van der Waals surface area (Å²) in [6.07, 6.45) is 0.279. The molecule has 204 valence electrons. The van der Waals surface area contributed by atoms with Gasteiger partial charge in [0, 0.05) is 12.5 Å². The Morgan fingerprint density at radius 3 is 2.11 bits per heavy atom. The minimum Gasteiger partial charge on any atom is -0.494 e. The van der Waals surface area contributed by atoms with Gasteiger partial charge in [0.15, 0.2) is 0 Å². The van der Waals surface area contributed by atoms with Gasteiger partial charge in [-0.25, -0.2) is 18.5 Å². The fourth-order valence-corrected chi connectivity index (χ4v) is 6.00. The Kier molecular flexibility index (Phi) is 7.18. The van der Waals surface area contributed by atoms with E-state index in [2.05, 4.69) is 0 Å². The molecule has 2 N–H and O–H groups in total. The average Bonchev–Trinajstić information content (AvgIpc) is 3.07. The Morgan fingerprint density at radius 1 is 1.03 bits per heavy atom. The maximum Gasteiger partial charge on any atom is 0.257 e. The van der Waals surface area contributed by atoms with Crippen LogP contribution < -0.4 is 14.8 Å².